The lowest BCUT2D eigenvalue weighted by Gasteiger charge is -2.43. The molecule has 2 amide bonds. The van der Waals surface area contributed by atoms with Crippen LogP contribution >= 0.6 is 23.1 Å². The van der Waals surface area contributed by atoms with Gasteiger partial charge in [0.05, 0.1) is 35.2 Å². The maximum atomic E-state index is 13.8. The van der Waals surface area contributed by atoms with Gasteiger partial charge in [-0.1, -0.05) is 41.7 Å². The summed E-state index contributed by atoms with van der Waals surface area (Å²) in [4.78, 5) is 44.4. The summed E-state index contributed by atoms with van der Waals surface area (Å²) < 4.78 is 47.1. The largest absolute Gasteiger partial charge is 0.496 e. The van der Waals surface area contributed by atoms with E-state index in [0.29, 0.717) is 12.2 Å². The third kappa shape index (κ3) is 3.17. The molecule has 0 spiro atoms. The summed E-state index contributed by atoms with van der Waals surface area (Å²) in [5, 5.41) is 0.695. The van der Waals surface area contributed by atoms with Crippen LogP contribution in [0.1, 0.15) is 28.3 Å². The second-order valence-corrected chi connectivity index (χ2v) is 12.4. The number of halogens is 3. The van der Waals surface area contributed by atoms with Gasteiger partial charge in [-0.15, -0.1) is 11.8 Å². The first kappa shape index (κ1) is 24.0. The lowest BCUT2D eigenvalue weighted by molar-refractivity contribution is -0.137. The Bertz CT molecular complexity index is 1550. The van der Waals surface area contributed by atoms with Gasteiger partial charge in [0, 0.05) is 21.6 Å². The van der Waals surface area contributed by atoms with Gasteiger partial charge >= 0.3 is 11.0 Å². The quantitative estimate of drug-likeness (QED) is 0.451. The topological polar surface area (TPSA) is 79.5 Å². The zero-order valence-electron chi connectivity index (χ0n) is 19.9. The number of H-pyrrole nitrogens is 1. The minimum atomic E-state index is -4.70. The minimum Gasteiger partial charge on any atom is -0.496 e. The normalized spacial score (nSPS) is 31.4. The van der Waals surface area contributed by atoms with Crippen molar-refractivity contribution in [2.75, 3.05) is 12.0 Å². The predicted molar refractivity (Wildman–Crippen MR) is 135 cm³/mol. The molecule has 3 aromatic rings. The van der Waals surface area contributed by atoms with Crippen LogP contribution in [-0.4, -0.2) is 29.2 Å². The number of fused-ring (bicyclic) bond motifs is 9. The lowest BCUT2D eigenvalue weighted by atomic mass is 9.68. The fraction of sp³-hybridized carbons (Fsp3) is 0.370. The average Bonchev–Trinajstić information content (AvgIpc) is 3.62. The third-order valence-electron chi connectivity index (χ3n) is 8.65. The van der Waals surface area contributed by atoms with Crippen molar-refractivity contribution in [1.82, 2.24) is 4.98 Å². The van der Waals surface area contributed by atoms with Crippen molar-refractivity contribution >= 4 is 40.6 Å². The zero-order valence-corrected chi connectivity index (χ0v) is 21.5. The Labute approximate surface area is 223 Å². The second-order valence-electron chi connectivity index (χ2n) is 10.2. The maximum Gasteiger partial charge on any atom is 0.418 e. The molecule has 2 aromatic carbocycles. The molecule has 1 N–H and O–H groups in total. The fourth-order valence-electron chi connectivity index (χ4n) is 7.43. The molecule has 3 heterocycles. The van der Waals surface area contributed by atoms with E-state index in [1.54, 1.807) is 7.11 Å². The molecule has 2 aliphatic carbocycles. The highest BCUT2D eigenvalue weighted by molar-refractivity contribution is 8.00. The number of aromatic nitrogens is 1. The van der Waals surface area contributed by atoms with Crippen LogP contribution in [0.3, 0.4) is 0 Å². The highest BCUT2D eigenvalue weighted by Crippen LogP contribution is 2.69. The van der Waals surface area contributed by atoms with E-state index in [9.17, 15) is 27.6 Å². The standard InChI is InChI=1S/C27H21F3N2O4S2/c1-36-16-9-5-2-6-11(16)17-18-12-10-13(21(18)37-23-22(17)38-26(35)31-23)20-19(12)24(33)32(25(20)34)15-8-4-3-7-14(15)27(28,29)30/h2-9,12-13,17-21H,10H2,1H3,(H,31,35)/t12-,13-,17?,18?,19?,20?,21?/m1/s1. The van der Waals surface area contributed by atoms with Crippen molar-refractivity contribution in [3.05, 3.63) is 74.2 Å². The van der Waals surface area contributed by atoms with Crippen molar-refractivity contribution in [1.29, 1.82) is 0 Å². The number of nitrogens with zero attached hydrogens (tertiary/aromatic N) is 1. The molecule has 2 aliphatic heterocycles. The van der Waals surface area contributed by atoms with Crippen LogP contribution in [0.25, 0.3) is 0 Å². The number of aromatic amines is 1. The molecule has 11 heteroatoms. The van der Waals surface area contributed by atoms with Gasteiger partial charge in [0.15, 0.2) is 0 Å². The number of hydrogen-bond acceptors (Lipinski definition) is 6. The van der Waals surface area contributed by atoms with Crippen LogP contribution in [0.4, 0.5) is 18.9 Å². The number of imide groups is 1. The lowest BCUT2D eigenvalue weighted by Crippen LogP contribution is -2.42. The number of amides is 2. The molecular formula is C27H21F3N2O4S2. The van der Waals surface area contributed by atoms with E-state index in [-0.39, 0.29) is 33.8 Å². The Morgan fingerprint density at radius 1 is 0.974 bits per heavy atom. The number of carbonyl (C=O) groups is 2. The Morgan fingerprint density at radius 2 is 1.66 bits per heavy atom. The number of rotatable bonds is 3. The van der Waals surface area contributed by atoms with Gasteiger partial charge < -0.3 is 9.72 Å². The molecule has 1 saturated heterocycles. The summed E-state index contributed by atoms with van der Waals surface area (Å²) in [6.45, 7) is 0. The first-order chi connectivity index (χ1) is 18.2. The van der Waals surface area contributed by atoms with Crippen molar-refractivity contribution in [3.63, 3.8) is 0 Å². The summed E-state index contributed by atoms with van der Waals surface area (Å²) in [7, 11) is 1.58. The number of ether oxygens (including phenoxy) is 1. The van der Waals surface area contributed by atoms with Crippen LogP contribution in [-0.2, 0) is 15.8 Å². The van der Waals surface area contributed by atoms with Crippen LogP contribution in [0, 0.1) is 29.6 Å². The minimum absolute atomic E-state index is 0.0662. The van der Waals surface area contributed by atoms with Crippen LogP contribution < -0.4 is 14.5 Å². The number of carbonyl (C=O) groups excluding carboxylic acids is 2. The van der Waals surface area contributed by atoms with Gasteiger partial charge in [0.25, 0.3) is 0 Å². The Hall–Kier alpha value is -3.05. The summed E-state index contributed by atoms with van der Waals surface area (Å²) >= 11 is 2.67. The average molecular weight is 559 g/mol. The number of methoxy groups -OCH3 is 1. The number of thioether (sulfide) groups is 1. The molecule has 196 valence electrons. The molecule has 0 radical (unpaired) electrons. The van der Waals surface area contributed by atoms with Gasteiger partial charge in [-0.2, -0.15) is 13.2 Å². The number of benzene rings is 2. The van der Waals surface area contributed by atoms with Crippen LogP contribution in [0.2, 0.25) is 0 Å². The Morgan fingerprint density at radius 3 is 2.39 bits per heavy atom. The number of nitrogens with one attached hydrogen (secondary N) is 1. The number of alkyl halides is 3. The Balaban J connectivity index is 1.34. The smallest absolute Gasteiger partial charge is 0.418 e. The van der Waals surface area contributed by atoms with Crippen molar-refractivity contribution in [2.45, 2.75) is 28.8 Å². The molecule has 7 atom stereocenters. The monoisotopic (exact) mass is 558 g/mol. The SMILES string of the molecule is COc1ccccc1C1c2sc(=O)[nH]c2SC2C1[C@H]1C[C@@H]2C2C(=O)N(c3ccccc3C(F)(F)F)C(=O)C21. The second kappa shape index (κ2) is 8.22. The van der Waals surface area contributed by atoms with Gasteiger partial charge in [-0.05, 0) is 42.4 Å². The van der Waals surface area contributed by atoms with Gasteiger partial charge in [0.1, 0.15) is 5.75 Å². The van der Waals surface area contributed by atoms with Gasteiger partial charge in [0.2, 0.25) is 11.8 Å². The van der Waals surface area contributed by atoms with E-state index in [1.165, 1.54) is 30.0 Å². The first-order valence-electron chi connectivity index (χ1n) is 12.3. The summed E-state index contributed by atoms with van der Waals surface area (Å²) in [5.41, 5.74) is -0.487. The van der Waals surface area contributed by atoms with E-state index in [0.717, 1.165) is 37.8 Å². The molecule has 1 aromatic heterocycles. The highest BCUT2D eigenvalue weighted by atomic mass is 32.2. The Kier molecular flexibility index (Phi) is 5.20. The molecule has 7 rings (SSSR count). The number of thiazole rings is 1. The van der Waals surface area contributed by atoms with Gasteiger partial charge in [-0.25, -0.2) is 4.90 Å². The fourth-order valence-corrected chi connectivity index (χ4v) is 10.3. The summed E-state index contributed by atoms with van der Waals surface area (Å²) in [6.07, 6.45) is -4.05. The highest BCUT2D eigenvalue weighted by Gasteiger charge is 2.70. The van der Waals surface area contributed by atoms with E-state index in [4.69, 9.17) is 4.74 Å². The molecule has 2 bridgehead atoms. The van der Waals surface area contributed by atoms with Crippen molar-refractivity contribution in [2.24, 2.45) is 29.6 Å². The first-order valence-corrected chi connectivity index (χ1v) is 14.0. The third-order valence-corrected chi connectivity index (χ3v) is 11.2. The molecule has 4 aliphatic rings. The van der Waals surface area contributed by atoms with Gasteiger partial charge in [-0.3, -0.25) is 14.4 Å². The van der Waals surface area contributed by atoms with Crippen LogP contribution in [0.5, 0.6) is 5.75 Å². The van der Waals surface area contributed by atoms with E-state index in [2.05, 4.69) is 4.98 Å². The van der Waals surface area contributed by atoms with E-state index >= 15 is 0 Å². The molecule has 3 fully saturated rings. The summed E-state index contributed by atoms with van der Waals surface area (Å²) in [5.74, 6) is -2.50. The number of para-hydroxylation sites is 2. The predicted octanol–water partition coefficient (Wildman–Crippen LogP) is 5.14. The van der Waals surface area contributed by atoms with Crippen molar-refractivity contribution in [3.8, 4) is 5.75 Å². The molecule has 2 saturated carbocycles. The molecule has 5 unspecified atom stereocenters. The zero-order chi connectivity index (χ0) is 26.5. The van der Waals surface area contributed by atoms with E-state index in [1.807, 2.05) is 24.3 Å². The molecular weight excluding hydrogens is 537 g/mol. The number of hydrogen-bond donors (Lipinski definition) is 1. The maximum absolute atomic E-state index is 13.8. The van der Waals surface area contributed by atoms with Crippen LogP contribution in [0.15, 0.2) is 58.4 Å². The number of anilines is 1. The summed E-state index contributed by atoms with van der Waals surface area (Å²) in [6, 6.07) is 12.4. The van der Waals surface area contributed by atoms with Crippen molar-refractivity contribution < 1.29 is 27.5 Å². The molecule has 38 heavy (non-hydrogen) atoms. The van der Waals surface area contributed by atoms with E-state index < -0.39 is 41.1 Å². The molecule has 6 nitrogen and oxygen atoms in total.